The van der Waals surface area contributed by atoms with Gasteiger partial charge in [-0.1, -0.05) is 0 Å². The maximum absolute atomic E-state index is 12.7. The highest BCUT2D eigenvalue weighted by Crippen LogP contribution is 2.15. The van der Waals surface area contributed by atoms with E-state index in [4.69, 9.17) is 0 Å². The molecule has 0 radical (unpaired) electrons. The maximum atomic E-state index is 12.7. The van der Waals surface area contributed by atoms with Gasteiger partial charge in [0.25, 0.3) is 5.91 Å². The third kappa shape index (κ3) is 4.19. The second-order valence-corrected chi connectivity index (χ2v) is 6.58. The van der Waals surface area contributed by atoms with Crippen molar-refractivity contribution in [3.8, 4) is 0 Å². The average Bonchev–Trinajstić information content (AvgIpc) is 3.14. The second kappa shape index (κ2) is 8.27. The summed E-state index contributed by atoms with van der Waals surface area (Å²) in [5.74, 6) is 0.680. The predicted molar refractivity (Wildman–Crippen MR) is 100 cm³/mol. The number of aromatic nitrogens is 4. The fourth-order valence-electron chi connectivity index (χ4n) is 3.02. The summed E-state index contributed by atoms with van der Waals surface area (Å²) in [5.41, 5.74) is 1.53. The van der Waals surface area contributed by atoms with Gasteiger partial charge in [-0.3, -0.25) is 14.5 Å². The van der Waals surface area contributed by atoms with Crippen molar-refractivity contribution in [1.29, 1.82) is 0 Å². The van der Waals surface area contributed by atoms with E-state index >= 15 is 0 Å². The van der Waals surface area contributed by atoms with E-state index in [2.05, 4.69) is 45.8 Å². The molecule has 0 unspecified atom stereocenters. The number of aryl methyl sites for hydroxylation is 1. The van der Waals surface area contributed by atoms with E-state index in [1.807, 2.05) is 22.0 Å². The number of nitrogens with zero attached hydrogens (tertiary/aromatic N) is 7. The molecular weight excluding hydrogens is 330 g/mol. The highest BCUT2D eigenvalue weighted by Gasteiger charge is 2.22. The van der Waals surface area contributed by atoms with E-state index in [0.29, 0.717) is 12.2 Å². The van der Waals surface area contributed by atoms with Crippen LogP contribution in [0, 0.1) is 0 Å². The molecule has 0 bridgehead atoms. The fraction of sp³-hybridized carbons (Fsp3) is 0.556. The van der Waals surface area contributed by atoms with Crippen LogP contribution in [0.2, 0.25) is 0 Å². The summed E-state index contributed by atoms with van der Waals surface area (Å²) < 4.78 is 1.90. The number of carbonyl (C=O) groups excluding carboxylic acids is 1. The number of anilines is 1. The number of carbonyl (C=O) groups is 1. The molecule has 0 spiro atoms. The number of rotatable bonds is 6. The molecule has 0 aromatic carbocycles. The van der Waals surface area contributed by atoms with Crippen LogP contribution >= 0.6 is 0 Å². The van der Waals surface area contributed by atoms with Crippen molar-refractivity contribution in [3.63, 3.8) is 0 Å². The SMILES string of the molecule is CCN(Cc1cnn(CC)c1)c1cncc(C(=O)N2CCN(C)CC2)n1. The third-order valence-corrected chi connectivity index (χ3v) is 4.72. The van der Waals surface area contributed by atoms with Gasteiger partial charge < -0.3 is 14.7 Å². The quantitative estimate of drug-likeness (QED) is 0.771. The molecule has 1 saturated heterocycles. The summed E-state index contributed by atoms with van der Waals surface area (Å²) in [6.07, 6.45) is 7.19. The number of amides is 1. The lowest BCUT2D eigenvalue weighted by Gasteiger charge is -2.32. The summed E-state index contributed by atoms with van der Waals surface area (Å²) in [4.78, 5) is 27.8. The molecule has 1 fully saturated rings. The van der Waals surface area contributed by atoms with Crippen molar-refractivity contribution < 1.29 is 4.79 Å². The molecule has 1 amide bonds. The molecule has 2 aromatic heterocycles. The van der Waals surface area contributed by atoms with Crippen LogP contribution < -0.4 is 4.90 Å². The van der Waals surface area contributed by atoms with Crippen molar-refractivity contribution in [3.05, 3.63) is 36.0 Å². The highest BCUT2D eigenvalue weighted by molar-refractivity contribution is 5.92. The Bertz CT molecular complexity index is 737. The average molecular weight is 357 g/mol. The zero-order chi connectivity index (χ0) is 18.5. The molecule has 26 heavy (non-hydrogen) atoms. The van der Waals surface area contributed by atoms with E-state index in [0.717, 1.165) is 50.6 Å². The number of hydrogen-bond acceptors (Lipinski definition) is 6. The Kier molecular flexibility index (Phi) is 5.82. The lowest BCUT2D eigenvalue weighted by Crippen LogP contribution is -2.47. The first-order valence-corrected chi connectivity index (χ1v) is 9.16. The molecule has 0 saturated carbocycles. The van der Waals surface area contributed by atoms with Crippen molar-refractivity contribution in [2.24, 2.45) is 0 Å². The molecule has 2 aromatic rings. The number of hydrogen-bond donors (Lipinski definition) is 0. The van der Waals surface area contributed by atoms with Gasteiger partial charge in [-0.05, 0) is 20.9 Å². The van der Waals surface area contributed by atoms with Gasteiger partial charge in [0.2, 0.25) is 0 Å². The van der Waals surface area contributed by atoms with E-state index in [1.165, 1.54) is 0 Å². The van der Waals surface area contributed by atoms with E-state index in [1.54, 1.807) is 12.4 Å². The molecule has 0 N–H and O–H groups in total. The molecule has 1 aliphatic rings. The standard InChI is InChI=1S/C18H27N7O/c1-4-23(13-15-10-20-25(5-2)14-15)17-12-19-11-16(21-17)18(26)24-8-6-22(3)7-9-24/h10-12,14H,4-9,13H2,1-3H3. The first-order chi connectivity index (χ1) is 12.6. The molecule has 1 aliphatic heterocycles. The molecule has 0 atom stereocenters. The van der Waals surface area contributed by atoms with E-state index in [9.17, 15) is 4.79 Å². The van der Waals surface area contributed by atoms with Gasteiger partial charge in [-0.25, -0.2) is 4.98 Å². The topological polar surface area (TPSA) is 70.4 Å². The molecule has 3 heterocycles. The monoisotopic (exact) mass is 357 g/mol. The van der Waals surface area contributed by atoms with Crippen LogP contribution in [0.15, 0.2) is 24.8 Å². The van der Waals surface area contributed by atoms with Gasteiger partial charge in [0.05, 0.1) is 18.6 Å². The minimum Gasteiger partial charge on any atom is -0.351 e. The number of piperazine rings is 1. The van der Waals surface area contributed by atoms with Crippen LogP contribution in [0.25, 0.3) is 0 Å². The summed E-state index contributed by atoms with van der Waals surface area (Å²) in [5, 5.41) is 4.32. The van der Waals surface area contributed by atoms with Crippen LogP contribution in [0.4, 0.5) is 5.82 Å². The van der Waals surface area contributed by atoms with Gasteiger partial charge in [-0.15, -0.1) is 0 Å². The lowest BCUT2D eigenvalue weighted by atomic mass is 10.3. The van der Waals surface area contributed by atoms with Crippen molar-refractivity contribution >= 4 is 11.7 Å². The third-order valence-electron chi connectivity index (χ3n) is 4.72. The number of likely N-dealkylation sites (N-methyl/N-ethyl adjacent to an activating group) is 1. The molecule has 8 heteroatoms. The molecule has 140 valence electrons. The van der Waals surface area contributed by atoms with Crippen LogP contribution in [-0.2, 0) is 13.1 Å². The minimum atomic E-state index is -0.0395. The van der Waals surface area contributed by atoms with Gasteiger partial charge in [-0.2, -0.15) is 5.10 Å². The summed E-state index contributed by atoms with van der Waals surface area (Å²) >= 11 is 0. The fourth-order valence-corrected chi connectivity index (χ4v) is 3.02. The van der Waals surface area contributed by atoms with Crippen LogP contribution in [0.3, 0.4) is 0 Å². The maximum Gasteiger partial charge on any atom is 0.274 e. The highest BCUT2D eigenvalue weighted by atomic mass is 16.2. The van der Waals surface area contributed by atoms with Gasteiger partial charge >= 0.3 is 0 Å². The minimum absolute atomic E-state index is 0.0395. The van der Waals surface area contributed by atoms with Crippen molar-refractivity contribution in [2.45, 2.75) is 26.9 Å². The first-order valence-electron chi connectivity index (χ1n) is 9.16. The Balaban J connectivity index is 1.73. The molecule has 3 rings (SSSR count). The molecule has 8 nitrogen and oxygen atoms in total. The van der Waals surface area contributed by atoms with Crippen LogP contribution in [-0.4, -0.2) is 75.2 Å². The smallest absolute Gasteiger partial charge is 0.274 e. The zero-order valence-corrected chi connectivity index (χ0v) is 15.8. The molecular formula is C18H27N7O. The van der Waals surface area contributed by atoms with Crippen molar-refractivity contribution in [1.82, 2.24) is 29.5 Å². The second-order valence-electron chi connectivity index (χ2n) is 6.58. The Morgan fingerprint density at radius 3 is 2.58 bits per heavy atom. The summed E-state index contributed by atoms with van der Waals surface area (Å²) in [7, 11) is 2.07. The largest absolute Gasteiger partial charge is 0.351 e. The van der Waals surface area contributed by atoms with Gasteiger partial charge in [0.15, 0.2) is 0 Å². The van der Waals surface area contributed by atoms with E-state index in [-0.39, 0.29) is 5.91 Å². The normalized spacial score (nSPS) is 15.3. The molecule has 0 aliphatic carbocycles. The Morgan fingerprint density at radius 1 is 1.15 bits per heavy atom. The zero-order valence-electron chi connectivity index (χ0n) is 15.8. The summed E-state index contributed by atoms with van der Waals surface area (Å²) in [6, 6.07) is 0. The lowest BCUT2D eigenvalue weighted by molar-refractivity contribution is 0.0658. The Hall–Kier alpha value is -2.48. The van der Waals surface area contributed by atoms with Gasteiger partial charge in [0, 0.05) is 57.6 Å². The van der Waals surface area contributed by atoms with E-state index < -0.39 is 0 Å². The predicted octanol–water partition coefficient (Wildman–Crippen LogP) is 1.11. The Labute approximate surface area is 154 Å². The van der Waals surface area contributed by atoms with Crippen LogP contribution in [0.5, 0.6) is 0 Å². The van der Waals surface area contributed by atoms with Crippen LogP contribution in [0.1, 0.15) is 29.9 Å². The Morgan fingerprint density at radius 2 is 1.92 bits per heavy atom. The van der Waals surface area contributed by atoms with Gasteiger partial charge in [0.1, 0.15) is 11.5 Å². The van der Waals surface area contributed by atoms with Crippen molar-refractivity contribution in [2.75, 3.05) is 44.7 Å². The first kappa shape index (κ1) is 18.3. The summed E-state index contributed by atoms with van der Waals surface area (Å²) in [6.45, 7) is 9.69.